The molecule has 1 aromatic rings. The minimum absolute atomic E-state index is 0.588. The van der Waals surface area contributed by atoms with Crippen LogP contribution < -0.4 is 14.2 Å². The second-order valence-corrected chi connectivity index (χ2v) is 4.01. The summed E-state index contributed by atoms with van der Waals surface area (Å²) in [4.78, 5) is 0. The SMILES string of the molecule is COc1cc(OC)c2c(OC)c1CC#CCC#CC2. The van der Waals surface area contributed by atoms with E-state index in [0.29, 0.717) is 19.3 Å². The van der Waals surface area contributed by atoms with Gasteiger partial charge in [0, 0.05) is 30.0 Å². The summed E-state index contributed by atoms with van der Waals surface area (Å²) in [6, 6.07) is 1.87. The van der Waals surface area contributed by atoms with Crippen molar-refractivity contribution >= 4 is 0 Å². The maximum Gasteiger partial charge on any atom is 0.134 e. The number of benzene rings is 1. The molecular formula is C16H16O3. The van der Waals surface area contributed by atoms with E-state index in [1.54, 1.807) is 21.3 Å². The molecule has 1 aliphatic rings. The first-order valence-electron chi connectivity index (χ1n) is 6.04. The van der Waals surface area contributed by atoms with Gasteiger partial charge in [-0.05, 0) is 0 Å². The molecule has 0 spiro atoms. The number of ether oxygens (including phenoxy) is 3. The minimum atomic E-state index is 0.588. The van der Waals surface area contributed by atoms with E-state index in [2.05, 4.69) is 23.7 Å². The second kappa shape index (κ2) is 6.07. The Kier molecular flexibility index (Phi) is 4.21. The van der Waals surface area contributed by atoms with Gasteiger partial charge in [0.25, 0.3) is 0 Å². The molecule has 0 unspecified atom stereocenters. The highest BCUT2D eigenvalue weighted by atomic mass is 16.5. The number of methoxy groups -OCH3 is 3. The fraction of sp³-hybridized carbons (Fsp3) is 0.375. The van der Waals surface area contributed by atoms with Gasteiger partial charge in [0.05, 0.1) is 27.8 Å². The molecule has 0 saturated carbocycles. The smallest absolute Gasteiger partial charge is 0.134 e. The van der Waals surface area contributed by atoms with Crippen molar-refractivity contribution in [1.82, 2.24) is 0 Å². The van der Waals surface area contributed by atoms with Crippen LogP contribution in [0.1, 0.15) is 17.5 Å². The van der Waals surface area contributed by atoms with E-state index in [4.69, 9.17) is 14.2 Å². The zero-order valence-electron chi connectivity index (χ0n) is 11.4. The van der Waals surface area contributed by atoms with Gasteiger partial charge in [-0.25, -0.2) is 0 Å². The lowest BCUT2D eigenvalue weighted by Gasteiger charge is -2.18. The van der Waals surface area contributed by atoms with Crippen molar-refractivity contribution in [3.63, 3.8) is 0 Å². The molecule has 0 aliphatic heterocycles. The molecule has 0 fully saturated rings. The summed E-state index contributed by atoms with van der Waals surface area (Å²) in [6.07, 6.45) is 1.77. The number of fused-ring (bicyclic) bond motifs is 2. The number of rotatable bonds is 3. The molecule has 0 saturated heterocycles. The predicted octanol–water partition coefficient (Wildman–Crippen LogP) is 2.21. The third-order valence-corrected chi connectivity index (χ3v) is 3.01. The summed E-state index contributed by atoms with van der Waals surface area (Å²) < 4.78 is 16.4. The summed E-state index contributed by atoms with van der Waals surface area (Å²) in [5.74, 6) is 14.5. The van der Waals surface area contributed by atoms with Gasteiger partial charge in [-0.2, -0.15) is 0 Å². The van der Waals surface area contributed by atoms with E-state index in [-0.39, 0.29) is 0 Å². The lowest BCUT2D eigenvalue weighted by Crippen LogP contribution is -2.03. The van der Waals surface area contributed by atoms with Crippen molar-refractivity contribution in [2.75, 3.05) is 21.3 Å². The van der Waals surface area contributed by atoms with Crippen LogP contribution in [0, 0.1) is 23.7 Å². The van der Waals surface area contributed by atoms with E-state index >= 15 is 0 Å². The molecule has 1 aromatic carbocycles. The first-order valence-corrected chi connectivity index (χ1v) is 6.04. The fourth-order valence-electron chi connectivity index (χ4n) is 2.12. The molecule has 0 heterocycles. The van der Waals surface area contributed by atoms with Gasteiger partial charge in [-0.3, -0.25) is 0 Å². The van der Waals surface area contributed by atoms with Crippen LogP contribution in [0.5, 0.6) is 17.2 Å². The molecule has 98 valence electrons. The zero-order valence-corrected chi connectivity index (χ0v) is 11.4. The molecule has 2 rings (SSSR count). The Bertz CT molecular complexity index is 546. The summed E-state index contributed by atoms with van der Waals surface area (Å²) in [5.41, 5.74) is 1.91. The number of hydrogen-bond acceptors (Lipinski definition) is 3. The molecule has 2 bridgehead atoms. The van der Waals surface area contributed by atoms with Gasteiger partial charge in [0.1, 0.15) is 17.2 Å². The molecule has 3 heteroatoms. The highest BCUT2D eigenvalue weighted by Crippen LogP contribution is 2.39. The van der Waals surface area contributed by atoms with E-state index in [1.807, 2.05) is 6.07 Å². The first-order chi connectivity index (χ1) is 9.31. The molecule has 0 aromatic heterocycles. The van der Waals surface area contributed by atoms with Crippen molar-refractivity contribution < 1.29 is 14.2 Å². The monoisotopic (exact) mass is 256 g/mol. The third kappa shape index (κ3) is 2.61. The van der Waals surface area contributed by atoms with Crippen molar-refractivity contribution in [3.8, 4) is 40.9 Å². The van der Waals surface area contributed by atoms with Crippen LogP contribution >= 0.6 is 0 Å². The fourth-order valence-corrected chi connectivity index (χ4v) is 2.12. The average Bonchev–Trinajstić information content (AvgIpc) is 2.45. The highest BCUT2D eigenvalue weighted by Gasteiger charge is 2.19. The largest absolute Gasteiger partial charge is 0.496 e. The molecule has 0 amide bonds. The Morgan fingerprint density at radius 3 is 1.74 bits per heavy atom. The van der Waals surface area contributed by atoms with Crippen LogP contribution in [0.2, 0.25) is 0 Å². The summed E-state index contributed by atoms with van der Waals surface area (Å²) in [7, 11) is 4.92. The van der Waals surface area contributed by atoms with Crippen LogP contribution in [0.4, 0.5) is 0 Å². The van der Waals surface area contributed by atoms with E-state index in [1.165, 1.54) is 0 Å². The molecule has 19 heavy (non-hydrogen) atoms. The Morgan fingerprint density at radius 2 is 1.32 bits per heavy atom. The van der Waals surface area contributed by atoms with Crippen molar-refractivity contribution in [2.45, 2.75) is 19.3 Å². The first kappa shape index (κ1) is 13.2. The number of hydrogen-bond donors (Lipinski definition) is 0. The van der Waals surface area contributed by atoms with E-state index in [0.717, 1.165) is 28.4 Å². The van der Waals surface area contributed by atoms with E-state index in [9.17, 15) is 0 Å². The topological polar surface area (TPSA) is 27.7 Å². The van der Waals surface area contributed by atoms with Gasteiger partial charge in [-0.15, -0.1) is 0 Å². The summed E-state index contributed by atoms with van der Waals surface area (Å²) >= 11 is 0. The Labute approximate surface area is 113 Å². The quantitative estimate of drug-likeness (QED) is 0.776. The van der Waals surface area contributed by atoms with Crippen molar-refractivity contribution in [1.29, 1.82) is 0 Å². The molecule has 1 aliphatic carbocycles. The molecular weight excluding hydrogens is 240 g/mol. The van der Waals surface area contributed by atoms with Gasteiger partial charge < -0.3 is 14.2 Å². The normalized spacial score (nSPS) is 12.4. The van der Waals surface area contributed by atoms with Crippen LogP contribution in [0.3, 0.4) is 0 Å². The highest BCUT2D eigenvalue weighted by molar-refractivity contribution is 5.59. The minimum Gasteiger partial charge on any atom is -0.496 e. The zero-order chi connectivity index (χ0) is 13.7. The maximum atomic E-state index is 5.54. The summed E-state index contributed by atoms with van der Waals surface area (Å²) in [6.45, 7) is 0. The van der Waals surface area contributed by atoms with Crippen LogP contribution in [-0.2, 0) is 12.8 Å². The predicted molar refractivity (Wildman–Crippen MR) is 73.7 cm³/mol. The molecule has 0 N–H and O–H groups in total. The average molecular weight is 256 g/mol. The lowest BCUT2D eigenvalue weighted by molar-refractivity contribution is 0.365. The van der Waals surface area contributed by atoms with Crippen molar-refractivity contribution in [3.05, 3.63) is 17.2 Å². The Balaban J connectivity index is 2.68. The van der Waals surface area contributed by atoms with Gasteiger partial charge >= 0.3 is 0 Å². The van der Waals surface area contributed by atoms with Gasteiger partial charge in [0.15, 0.2) is 0 Å². The van der Waals surface area contributed by atoms with Crippen molar-refractivity contribution in [2.24, 2.45) is 0 Å². The molecule has 3 nitrogen and oxygen atoms in total. The molecule has 0 radical (unpaired) electrons. The van der Waals surface area contributed by atoms with Crippen LogP contribution in [-0.4, -0.2) is 21.3 Å². The lowest BCUT2D eigenvalue weighted by atomic mass is 10.0. The van der Waals surface area contributed by atoms with Gasteiger partial charge in [-0.1, -0.05) is 23.7 Å². The van der Waals surface area contributed by atoms with Gasteiger partial charge in [0.2, 0.25) is 0 Å². The maximum absolute atomic E-state index is 5.54. The second-order valence-electron chi connectivity index (χ2n) is 4.01. The Hall–Kier alpha value is -2.26. The van der Waals surface area contributed by atoms with E-state index < -0.39 is 0 Å². The standard InChI is InChI=1S/C16H16O3/c1-17-14-11-15(18-2)13-10-8-6-4-5-7-9-12(14)16(13)19-3/h11H,4,9-10H2,1-3H3. The third-order valence-electron chi connectivity index (χ3n) is 3.01. The van der Waals surface area contributed by atoms with Crippen LogP contribution in [0.15, 0.2) is 6.07 Å². The summed E-state index contributed by atoms with van der Waals surface area (Å²) in [5, 5.41) is 0. The van der Waals surface area contributed by atoms with Crippen LogP contribution in [0.25, 0.3) is 0 Å². The molecule has 0 atom stereocenters. The Morgan fingerprint density at radius 1 is 0.789 bits per heavy atom.